The molecule has 0 aromatic heterocycles. The van der Waals surface area contributed by atoms with Crippen LogP contribution in [0.4, 0.5) is 15.8 Å². The summed E-state index contributed by atoms with van der Waals surface area (Å²) in [6, 6.07) is 2.30. The lowest BCUT2D eigenvalue weighted by molar-refractivity contribution is -0.385. The van der Waals surface area contributed by atoms with Gasteiger partial charge in [0.2, 0.25) is 5.91 Å². The van der Waals surface area contributed by atoms with Crippen molar-refractivity contribution in [3.8, 4) is 5.75 Å². The molecule has 0 heterocycles. The SMILES string of the molecule is COc1cc(NCCC(=O)NC2CC2)c(F)cc1[N+](=O)[O-]. The van der Waals surface area contributed by atoms with Gasteiger partial charge in [0.05, 0.1) is 23.8 Å². The first-order chi connectivity index (χ1) is 10.0. The van der Waals surface area contributed by atoms with Gasteiger partial charge in [-0.15, -0.1) is 0 Å². The molecular formula is C13H16FN3O4. The first-order valence-electron chi connectivity index (χ1n) is 6.56. The molecule has 21 heavy (non-hydrogen) atoms. The number of carbonyl (C=O) groups is 1. The van der Waals surface area contributed by atoms with Crippen LogP contribution >= 0.6 is 0 Å². The van der Waals surface area contributed by atoms with Crippen molar-refractivity contribution in [1.29, 1.82) is 0 Å². The molecule has 1 saturated carbocycles. The second-order valence-electron chi connectivity index (χ2n) is 4.78. The van der Waals surface area contributed by atoms with Gasteiger partial charge in [0.25, 0.3) is 0 Å². The van der Waals surface area contributed by atoms with Crippen LogP contribution in [-0.2, 0) is 4.79 Å². The number of anilines is 1. The Hall–Kier alpha value is -2.38. The Labute approximate surface area is 120 Å². The molecule has 114 valence electrons. The normalized spacial score (nSPS) is 13.6. The van der Waals surface area contributed by atoms with E-state index in [0.717, 1.165) is 18.9 Å². The minimum absolute atomic E-state index is 0.0358. The van der Waals surface area contributed by atoms with Gasteiger partial charge >= 0.3 is 5.69 Å². The molecule has 2 N–H and O–H groups in total. The van der Waals surface area contributed by atoms with E-state index in [1.165, 1.54) is 13.2 Å². The quantitative estimate of drug-likeness (QED) is 0.591. The number of rotatable bonds is 7. The van der Waals surface area contributed by atoms with Crippen molar-refractivity contribution in [3.63, 3.8) is 0 Å². The summed E-state index contributed by atoms with van der Waals surface area (Å²) >= 11 is 0. The van der Waals surface area contributed by atoms with E-state index in [-0.39, 0.29) is 36.4 Å². The van der Waals surface area contributed by atoms with Crippen LogP contribution in [0.1, 0.15) is 19.3 Å². The monoisotopic (exact) mass is 297 g/mol. The second-order valence-corrected chi connectivity index (χ2v) is 4.78. The van der Waals surface area contributed by atoms with Crippen molar-refractivity contribution in [3.05, 3.63) is 28.1 Å². The zero-order valence-corrected chi connectivity index (χ0v) is 11.5. The number of amides is 1. The molecule has 1 aliphatic rings. The van der Waals surface area contributed by atoms with Crippen LogP contribution in [0.15, 0.2) is 12.1 Å². The molecule has 0 saturated heterocycles. The summed E-state index contributed by atoms with van der Waals surface area (Å²) in [5.74, 6) is -0.893. The number of methoxy groups -OCH3 is 1. The lowest BCUT2D eigenvalue weighted by atomic mass is 10.2. The minimum Gasteiger partial charge on any atom is -0.490 e. The van der Waals surface area contributed by atoms with Gasteiger partial charge < -0.3 is 15.4 Å². The van der Waals surface area contributed by atoms with Gasteiger partial charge in [-0.3, -0.25) is 14.9 Å². The fourth-order valence-corrected chi connectivity index (χ4v) is 1.82. The van der Waals surface area contributed by atoms with Crippen molar-refractivity contribution in [2.75, 3.05) is 19.0 Å². The molecule has 1 aliphatic carbocycles. The van der Waals surface area contributed by atoms with E-state index in [2.05, 4.69) is 10.6 Å². The molecule has 0 unspecified atom stereocenters. The number of halogens is 1. The maximum absolute atomic E-state index is 13.7. The Bertz CT molecular complexity index is 561. The van der Waals surface area contributed by atoms with E-state index in [1.807, 2.05) is 0 Å². The van der Waals surface area contributed by atoms with E-state index < -0.39 is 16.4 Å². The minimum atomic E-state index is -0.759. The molecule has 0 radical (unpaired) electrons. The fraction of sp³-hybridized carbons (Fsp3) is 0.462. The maximum atomic E-state index is 13.7. The van der Waals surface area contributed by atoms with Crippen LogP contribution in [0.3, 0.4) is 0 Å². The number of nitrogens with one attached hydrogen (secondary N) is 2. The van der Waals surface area contributed by atoms with Gasteiger partial charge in [-0.25, -0.2) is 4.39 Å². The van der Waals surface area contributed by atoms with Gasteiger partial charge in [-0.1, -0.05) is 0 Å². The standard InChI is InChI=1S/C13H16FN3O4/c1-21-12-7-10(9(14)6-11(12)17(19)20)15-5-4-13(18)16-8-2-3-8/h6-8,15H,2-5H2,1H3,(H,16,18). The summed E-state index contributed by atoms with van der Waals surface area (Å²) in [5.41, 5.74) is -0.372. The number of nitro benzene ring substituents is 1. The molecule has 0 aliphatic heterocycles. The number of hydrogen-bond acceptors (Lipinski definition) is 5. The van der Waals surface area contributed by atoms with E-state index >= 15 is 0 Å². The van der Waals surface area contributed by atoms with Crippen molar-refractivity contribution in [2.24, 2.45) is 0 Å². The number of benzene rings is 1. The first-order valence-corrected chi connectivity index (χ1v) is 6.56. The highest BCUT2D eigenvalue weighted by atomic mass is 19.1. The average Bonchev–Trinajstić information content (AvgIpc) is 3.23. The summed E-state index contributed by atoms with van der Waals surface area (Å²) in [7, 11) is 1.27. The molecule has 0 spiro atoms. The molecule has 1 aromatic carbocycles. The number of nitrogens with zero attached hydrogens (tertiary/aromatic N) is 1. The zero-order chi connectivity index (χ0) is 15.4. The second kappa shape index (κ2) is 6.38. The van der Waals surface area contributed by atoms with Gasteiger partial charge in [0.1, 0.15) is 0 Å². The smallest absolute Gasteiger partial charge is 0.313 e. The number of ether oxygens (including phenoxy) is 1. The van der Waals surface area contributed by atoms with Crippen LogP contribution in [0.2, 0.25) is 0 Å². The Morgan fingerprint density at radius 3 is 2.81 bits per heavy atom. The number of nitro groups is 1. The molecule has 0 atom stereocenters. The van der Waals surface area contributed by atoms with Crippen molar-refractivity contribution in [1.82, 2.24) is 5.32 Å². The van der Waals surface area contributed by atoms with Crippen LogP contribution in [0.5, 0.6) is 5.75 Å². The van der Waals surface area contributed by atoms with Gasteiger partial charge in [-0.2, -0.15) is 0 Å². The lowest BCUT2D eigenvalue weighted by Gasteiger charge is -2.10. The molecule has 2 rings (SSSR count). The number of hydrogen-bond donors (Lipinski definition) is 2. The highest BCUT2D eigenvalue weighted by Gasteiger charge is 2.23. The fourth-order valence-electron chi connectivity index (χ4n) is 1.82. The third kappa shape index (κ3) is 4.04. The molecule has 8 heteroatoms. The van der Waals surface area contributed by atoms with Crippen molar-refractivity contribution >= 4 is 17.3 Å². The van der Waals surface area contributed by atoms with Crippen molar-refractivity contribution in [2.45, 2.75) is 25.3 Å². The summed E-state index contributed by atoms with van der Waals surface area (Å²) in [6.07, 6.45) is 2.22. The average molecular weight is 297 g/mol. The Balaban J connectivity index is 1.95. The summed E-state index contributed by atoms with van der Waals surface area (Å²) < 4.78 is 18.6. The van der Waals surface area contributed by atoms with Crippen LogP contribution in [0.25, 0.3) is 0 Å². The third-order valence-electron chi connectivity index (χ3n) is 3.08. The van der Waals surface area contributed by atoms with Crippen molar-refractivity contribution < 1.29 is 18.8 Å². The molecule has 1 fully saturated rings. The molecule has 7 nitrogen and oxygen atoms in total. The third-order valence-corrected chi connectivity index (χ3v) is 3.08. The summed E-state index contributed by atoms with van der Waals surface area (Å²) in [5, 5.41) is 16.3. The molecular weight excluding hydrogens is 281 g/mol. The van der Waals surface area contributed by atoms with Crippen LogP contribution < -0.4 is 15.4 Å². The van der Waals surface area contributed by atoms with E-state index in [9.17, 15) is 19.3 Å². The van der Waals surface area contributed by atoms with Gasteiger partial charge in [0, 0.05) is 25.1 Å². The lowest BCUT2D eigenvalue weighted by Crippen LogP contribution is -2.27. The van der Waals surface area contributed by atoms with Gasteiger partial charge in [-0.05, 0) is 12.8 Å². The highest BCUT2D eigenvalue weighted by molar-refractivity contribution is 5.77. The van der Waals surface area contributed by atoms with E-state index in [0.29, 0.717) is 0 Å². The molecule has 1 aromatic rings. The Morgan fingerprint density at radius 1 is 1.52 bits per heavy atom. The molecule has 1 amide bonds. The Morgan fingerprint density at radius 2 is 2.24 bits per heavy atom. The maximum Gasteiger partial charge on any atom is 0.313 e. The molecule has 0 bridgehead atoms. The predicted octanol–water partition coefficient (Wildman–Crippen LogP) is 1.82. The van der Waals surface area contributed by atoms with Gasteiger partial charge in [0.15, 0.2) is 11.6 Å². The van der Waals surface area contributed by atoms with Crippen LogP contribution in [-0.4, -0.2) is 30.5 Å². The summed E-state index contributed by atoms with van der Waals surface area (Å²) in [4.78, 5) is 21.5. The zero-order valence-electron chi connectivity index (χ0n) is 11.5. The van der Waals surface area contributed by atoms with Crippen LogP contribution in [0, 0.1) is 15.9 Å². The first kappa shape index (κ1) is 15.0. The predicted molar refractivity (Wildman–Crippen MR) is 73.9 cm³/mol. The Kier molecular flexibility index (Phi) is 4.56. The highest BCUT2D eigenvalue weighted by Crippen LogP contribution is 2.32. The van der Waals surface area contributed by atoms with E-state index in [4.69, 9.17) is 4.74 Å². The topological polar surface area (TPSA) is 93.5 Å². The largest absolute Gasteiger partial charge is 0.490 e. The van der Waals surface area contributed by atoms with E-state index in [1.54, 1.807) is 0 Å². The summed E-state index contributed by atoms with van der Waals surface area (Å²) in [6.45, 7) is 0.233. The number of carbonyl (C=O) groups excluding carboxylic acids is 1.